The minimum absolute atomic E-state index is 0.344. The van der Waals surface area contributed by atoms with Crippen molar-refractivity contribution in [1.82, 2.24) is 0 Å². The molecule has 0 aromatic rings. The fourth-order valence-electron chi connectivity index (χ4n) is 0.501. The van der Waals surface area contributed by atoms with Crippen molar-refractivity contribution in [3.05, 3.63) is 0 Å². The molecule has 0 amide bonds. The van der Waals surface area contributed by atoms with Crippen molar-refractivity contribution in [3.8, 4) is 59.2 Å². The van der Waals surface area contributed by atoms with E-state index in [0.29, 0.717) is 5.92 Å². The first-order valence-corrected chi connectivity index (χ1v) is 4.75. The van der Waals surface area contributed by atoms with Gasteiger partial charge in [0.1, 0.15) is 0 Å². The van der Waals surface area contributed by atoms with Crippen LogP contribution < -0.4 is 0 Å². The zero-order chi connectivity index (χ0) is 11.4. The van der Waals surface area contributed by atoms with Gasteiger partial charge in [-0.25, -0.2) is 0 Å². The smallest absolute Gasteiger partial charge is 0.0156 e. The molecular weight excluding hydrogens is 180 g/mol. The minimum atomic E-state index is 0.344. The van der Waals surface area contributed by atoms with Gasteiger partial charge in [-0.2, -0.15) is 0 Å². The summed E-state index contributed by atoms with van der Waals surface area (Å²) in [5.74, 6) is 27.0. The molecule has 0 fully saturated rings. The van der Waals surface area contributed by atoms with Gasteiger partial charge < -0.3 is 0 Å². The van der Waals surface area contributed by atoms with Crippen LogP contribution in [-0.4, -0.2) is 0 Å². The van der Waals surface area contributed by atoms with Gasteiger partial charge in [-0.3, -0.25) is 0 Å². The van der Waals surface area contributed by atoms with E-state index < -0.39 is 0 Å². The van der Waals surface area contributed by atoms with Crippen LogP contribution in [0.5, 0.6) is 0 Å². The maximum atomic E-state index is 2.91. The third-order valence-electron chi connectivity index (χ3n) is 1.06. The standard InChI is InChI=1S/C15H12/c1-4-5-6-7-8-9-10-11-12-13-14-15(2)3/h15H,4H2,1-3H3. The summed E-state index contributed by atoms with van der Waals surface area (Å²) in [5.41, 5.74) is 0. The Morgan fingerprint density at radius 3 is 1.67 bits per heavy atom. The Labute approximate surface area is 92.8 Å². The Hall–Kier alpha value is -2.20. The monoisotopic (exact) mass is 192 g/mol. The van der Waals surface area contributed by atoms with Crippen molar-refractivity contribution in [2.45, 2.75) is 27.2 Å². The molecule has 0 heterocycles. The summed E-state index contributed by atoms with van der Waals surface area (Å²) in [7, 11) is 0. The third-order valence-corrected chi connectivity index (χ3v) is 1.06. The Morgan fingerprint density at radius 2 is 1.20 bits per heavy atom. The van der Waals surface area contributed by atoms with E-state index in [2.05, 4.69) is 59.2 Å². The molecule has 0 saturated heterocycles. The van der Waals surface area contributed by atoms with Crippen LogP contribution in [0.2, 0.25) is 0 Å². The topological polar surface area (TPSA) is 0 Å². The van der Waals surface area contributed by atoms with Crippen molar-refractivity contribution in [3.63, 3.8) is 0 Å². The van der Waals surface area contributed by atoms with Crippen LogP contribution in [0.15, 0.2) is 0 Å². The molecule has 15 heavy (non-hydrogen) atoms. The summed E-state index contributed by atoms with van der Waals surface area (Å²) in [6.45, 7) is 6.00. The van der Waals surface area contributed by atoms with Crippen LogP contribution in [0.4, 0.5) is 0 Å². The highest BCUT2D eigenvalue weighted by Gasteiger charge is 1.77. The highest BCUT2D eigenvalue weighted by Crippen LogP contribution is 1.83. The molecule has 0 aromatic carbocycles. The normalized spacial score (nSPS) is 5.87. The summed E-state index contributed by atoms with van der Waals surface area (Å²) in [4.78, 5) is 0. The second-order valence-corrected chi connectivity index (χ2v) is 2.83. The molecule has 0 atom stereocenters. The van der Waals surface area contributed by atoms with Crippen molar-refractivity contribution in [2.24, 2.45) is 5.92 Å². The van der Waals surface area contributed by atoms with Crippen LogP contribution in [0.3, 0.4) is 0 Å². The van der Waals surface area contributed by atoms with Gasteiger partial charge in [-0.15, -0.1) is 0 Å². The van der Waals surface area contributed by atoms with Crippen LogP contribution >= 0.6 is 0 Å². The first-order valence-electron chi connectivity index (χ1n) is 4.75. The molecule has 0 rings (SSSR count). The first kappa shape index (κ1) is 12.8. The summed E-state index contributed by atoms with van der Waals surface area (Å²) in [6.07, 6.45) is 0.812. The summed E-state index contributed by atoms with van der Waals surface area (Å²) >= 11 is 0. The first-order chi connectivity index (χ1) is 7.27. The molecule has 0 N–H and O–H groups in total. The Kier molecular flexibility index (Phi) is 8.43. The molecule has 0 radical (unpaired) electrons. The van der Waals surface area contributed by atoms with Gasteiger partial charge >= 0.3 is 0 Å². The lowest BCUT2D eigenvalue weighted by molar-refractivity contribution is 0.867. The Balaban J connectivity index is 4.11. The fraction of sp³-hybridized carbons (Fsp3) is 0.333. The fourth-order valence-corrected chi connectivity index (χ4v) is 0.501. The summed E-state index contributed by atoms with van der Waals surface area (Å²) < 4.78 is 0. The van der Waals surface area contributed by atoms with Crippen molar-refractivity contribution in [1.29, 1.82) is 0 Å². The number of hydrogen-bond acceptors (Lipinski definition) is 0. The maximum absolute atomic E-state index is 2.91. The second kappa shape index (κ2) is 9.88. The highest BCUT2D eigenvalue weighted by molar-refractivity contribution is 5.42. The van der Waals surface area contributed by atoms with Crippen LogP contribution in [0.1, 0.15) is 27.2 Å². The molecule has 0 saturated carbocycles. The van der Waals surface area contributed by atoms with E-state index in [4.69, 9.17) is 0 Å². The average molecular weight is 192 g/mol. The third kappa shape index (κ3) is 11.8. The van der Waals surface area contributed by atoms with Gasteiger partial charge in [-0.05, 0) is 47.4 Å². The lowest BCUT2D eigenvalue weighted by Crippen LogP contribution is -1.75. The molecule has 72 valence electrons. The van der Waals surface area contributed by atoms with Gasteiger partial charge in [0.2, 0.25) is 0 Å². The minimum Gasteiger partial charge on any atom is -0.0894 e. The molecule has 0 bridgehead atoms. The molecular formula is C15H12. The van der Waals surface area contributed by atoms with E-state index in [0.717, 1.165) is 6.42 Å². The van der Waals surface area contributed by atoms with E-state index in [1.54, 1.807) is 0 Å². The molecule has 0 spiro atoms. The van der Waals surface area contributed by atoms with Crippen molar-refractivity contribution in [2.75, 3.05) is 0 Å². The van der Waals surface area contributed by atoms with E-state index in [-0.39, 0.29) is 0 Å². The largest absolute Gasteiger partial charge is 0.0894 e. The quantitative estimate of drug-likeness (QED) is 0.515. The highest BCUT2D eigenvalue weighted by atomic mass is 13.8. The van der Waals surface area contributed by atoms with Gasteiger partial charge in [0.25, 0.3) is 0 Å². The van der Waals surface area contributed by atoms with Crippen molar-refractivity contribution < 1.29 is 0 Å². The van der Waals surface area contributed by atoms with E-state index in [1.807, 2.05) is 20.8 Å². The zero-order valence-electron chi connectivity index (χ0n) is 9.28. The Morgan fingerprint density at radius 1 is 0.733 bits per heavy atom. The number of rotatable bonds is 0. The van der Waals surface area contributed by atoms with E-state index in [9.17, 15) is 0 Å². The second-order valence-electron chi connectivity index (χ2n) is 2.83. The predicted molar refractivity (Wildman–Crippen MR) is 64.0 cm³/mol. The van der Waals surface area contributed by atoms with Crippen LogP contribution in [0, 0.1) is 65.1 Å². The predicted octanol–water partition coefficient (Wildman–Crippen LogP) is 2.07. The lowest BCUT2D eigenvalue weighted by atomic mass is 10.2. The van der Waals surface area contributed by atoms with Gasteiger partial charge in [0, 0.05) is 12.3 Å². The van der Waals surface area contributed by atoms with Gasteiger partial charge in [-0.1, -0.05) is 32.6 Å². The van der Waals surface area contributed by atoms with Gasteiger partial charge in [0.15, 0.2) is 0 Å². The molecule has 0 heteroatoms. The summed E-state index contributed by atoms with van der Waals surface area (Å²) in [6, 6.07) is 0. The van der Waals surface area contributed by atoms with Crippen molar-refractivity contribution >= 4 is 0 Å². The molecule has 0 aliphatic rings. The molecule has 0 unspecified atom stereocenters. The SMILES string of the molecule is CCC#CC#CC#CC#CC#CC(C)C. The molecule has 0 aromatic heterocycles. The van der Waals surface area contributed by atoms with Crippen LogP contribution in [-0.2, 0) is 0 Å². The molecule has 0 aliphatic heterocycles. The van der Waals surface area contributed by atoms with E-state index >= 15 is 0 Å². The lowest BCUT2D eigenvalue weighted by Gasteiger charge is -1.81. The number of hydrogen-bond donors (Lipinski definition) is 0. The molecule has 0 aliphatic carbocycles. The van der Waals surface area contributed by atoms with Crippen LogP contribution in [0.25, 0.3) is 0 Å². The van der Waals surface area contributed by atoms with Gasteiger partial charge in [0.05, 0.1) is 0 Å². The Bertz CT molecular complexity index is 477. The summed E-state index contributed by atoms with van der Waals surface area (Å²) in [5, 5.41) is 0. The maximum Gasteiger partial charge on any atom is 0.0156 e. The zero-order valence-corrected chi connectivity index (χ0v) is 9.28. The van der Waals surface area contributed by atoms with E-state index in [1.165, 1.54) is 0 Å². The average Bonchev–Trinajstić information content (AvgIpc) is 2.20. The molecule has 0 nitrogen and oxygen atoms in total.